The standard InChI is InChI=1S/C14H13N5O/c15-9-11-7-4-8-12-16-14(18-19(11)12)17-13(20)10-5-2-1-3-6-10/h1-8H,9,15H2,(H,17,18,20). The second-order valence-corrected chi connectivity index (χ2v) is 4.25. The Morgan fingerprint density at radius 3 is 2.70 bits per heavy atom. The first-order chi connectivity index (χ1) is 9.78. The Morgan fingerprint density at radius 1 is 1.15 bits per heavy atom. The summed E-state index contributed by atoms with van der Waals surface area (Å²) in [5.41, 5.74) is 7.68. The van der Waals surface area contributed by atoms with Crippen molar-refractivity contribution < 1.29 is 4.79 Å². The Kier molecular flexibility index (Phi) is 3.14. The first-order valence-corrected chi connectivity index (χ1v) is 6.19. The Bertz CT molecular complexity index is 751. The van der Waals surface area contributed by atoms with Gasteiger partial charge in [0.25, 0.3) is 5.91 Å². The van der Waals surface area contributed by atoms with E-state index in [1.165, 1.54) is 0 Å². The molecule has 3 aromatic rings. The third-order valence-electron chi connectivity index (χ3n) is 2.91. The van der Waals surface area contributed by atoms with Crippen LogP contribution in [0.3, 0.4) is 0 Å². The van der Waals surface area contributed by atoms with Crippen molar-refractivity contribution in [2.75, 3.05) is 5.32 Å². The molecule has 1 aromatic carbocycles. The maximum Gasteiger partial charge on any atom is 0.258 e. The Hall–Kier alpha value is -2.73. The molecular formula is C14H13N5O. The van der Waals surface area contributed by atoms with E-state index in [1.54, 1.807) is 28.8 Å². The number of amides is 1. The minimum absolute atomic E-state index is 0.240. The van der Waals surface area contributed by atoms with Gasteiger partial charge >= 0.3 is 0 Å². The normalized spacial score (nSPS) is 10.7. The second kappa shape index (κ2) is 5.10. The van der Waals surface area contributed by atoms with Crippen LogP contribution < -0.4 is 11.1 Å². The molecule has 0 fully saturated rings. The molecular weight excluding hydrogens is 254 g/mol. The Balaban J connectivity index is 1.90. The molecule has 0 radical (unpaired) electrons. The van der Waals surface area contributed by atoms with Gasteiger partial charge in [0.1, 0.15) is 0 Å². The third-order valence-corrected chi connectivity index (χ3v) is 2.91. The maximum absolute atomic E-state index is 12.0. The average Bonchev–Trinajstić information content (AvgIpc) is 2.90. The smallest absolute Gasteiger partial charge is 0.258 e. The number of hydrogen-bond acceptors (Lipinski definition) is 4. The molecule has 3 rings (SSSR count). The zero-order valence-corrected chi connectivity index (χ0v) is 10.7. The third kappa shape index (κ3) is 2.24. The Labute approximate surface area is 115 Å². The van der Waals surface area contributed by atoms with E-state index in [2.05, 4.69) is 15.4 Å². The number of hydrogen-bond donors (Lipinski definition) is 2. The molecule has 0 aliphatic rings. The molecule has 6 heteroatoms. The topological polar surface area (TPSA) is 85.3 Å². The van der Waals surface area contributed by atoms with E-state index in [1.807, 2.05) is 24.3 Å². The van der Waals surface area contributed by atoms with Gasteiger partial charge in [-0.3, -0.25) is 10.1 Å². The number of carbonyl (C=O) groups excluding carboxylic acids is 1. The van der Waals surface area contributed by atoms with E-state index in [9.17, 15) is 4.79 Å². The molecule has 0 atom stereocenters. The van der Waals surface area contributed by atoms with Crippen molar-refractivity contribution in [3.05, 3.63) is 59.8 Å². The molecule has 20 heavy (non-hydrogen) atoms. The molecule has 2 heterocycles. The molecule has 6 nitrogen and oxygen atoms in total. The van der Waals surface area contributed by atoms with Crippen LogP contribution >= 0.6 is 0 Å². The van der Waals surface area contributed by atoms with Crippen LogP contribution in [0.5, 0.6) is 0 Å². The van der Waals surface area contributed by atoms with Gasteiger partial charge in [0.05, 0.1) is 5.69 Å². The van der Waals surface area contributed by atoms with E-state index in [0.29, 0.717) is 17.8 Å². The summed E-state index contributed by atoms with van der Waals surface area (Å²) >= 11 is 0. The summed E-state index contributed by atoms with van der Waals surface area (Å²) in [5.74, 6) is 0.0237. The summed E-state index contributed by atoms with van der Waals surface area (Å²) in [5, 5.41) is 6.92. The number of rotatable bonds is 3. The molecule has 1 amide bonds. The maximum atomic E-state index is 12.0. The van der Waals surface area contributed by atoms with Gasteiger partial charge in [-0.1, -0.05) is 24.3 Å². The Morgan fingerprint density at radius 2 is 1.95 bits per heavy atom. The quantitative estimate of drug-likeness (QED) is 0.752. The van der Waals surface area contributed by atoms with Gasteiger partial charge in [-0.25, -0.2) is 4.52 Å². The fourth-order valence-electron chi connectivity index (χ4n) is 1.93. The molecule has 0 bridgehead atoms. The lowest BCUT2D eigenvalue weighted by Gasteiger charge is -2.00. The highest BCUT2D eigenvalue weighted by Gasteiger charge is 2.10. The van der Waals surface area contributed by atoms with Crippen LogP contribution in [-0.2, 0) is 6.54 Å². The number of nitrogens with zero attached hydrogens (tertiary/aromatic N) is 3. The van der Waals surface area contributed by atoms with Crippen molar-refractivity contribution in [2.24, 2.45) is 5.73 Å². The summed E-state index contributed by atoms with van der Waals surface area (Å²) in [4.78, 5) is 16.3. The highest BCUT2D eigenvalue weighted by Crippen LogP contribution is 2.10. The number of carbonyl (C=O) groups is 1. The zero-order valence-electron chi connectivity index (χ0n) is 10.7. The van der Waals surface area contributed by atoms with Gasteiger partial charge in [0, 0.05) is 12.1 Å². The average molecular weight is 267 g/mol. The van der Waals surface area contributed by atoms with Crippen molar-refractivity contribution >= 4 is 17.5 Å². The van der Waals surface area contributed by atoms with Gasteiger partial charge in [-0.05, 0) is 24.3 Å². The van der Waals surface area contributed by atoms with Crippen molar-refractivity contribution in [3.8, 4) is 0 Å². The number of nitrogens with two attached hydrogens (primary N) is 1. The van der Waals surface area contributed by atoms with Gasteiger partial charge in [-0.15, -0.1) is 5.10 Å². The first-order valence-electron chi connectivity index (χ1n) is 6.19. The van der Waals surface area contributed by atoms with Crippen molar-refractivity contribution in [1.82, 2.24) is 14.6 Å². The lowest BCUT2D eigenvalue weighted by molar-refractivity contribution is 0.102. The van der Waals surface area contributed by atoms with E-state index in [-0.39, 0.29) is 11.9 Å². The van der Waals surface area contributed by atoms with Crippen LogP contribution in [0.15, 0.2) is 48.5 Å². The largest absolute Gasteiger partial charge is 0.325 e. The number of benzene rings is 1. The van der Waals surface area contributed by atoms with E-state index in [0.717, 1.165) is 5.69 Å². The molecule has 0 saturated heterocycles. The molecule has 0 spiro atoms. The fourth-order valence-corrected chi connectivity index (χ4v) is 1.93. The molecule has 0 unspecified atom stereocenters. The van der Waals surface area contributed by atoms with Gasteiger partial charge in [-0.2, -0.15) is 4.98 Å². The lowest BCUT2D eigenvalue weighted by Crippen LogP contribution is -2.13. The molecule has 100 valence electrons. The van der Waals surface area contributed by atoms with Crippen LogP contribution in [0.25, 0.3) is 5.65 Å². The summed E-state index contributed by atoms with van der Waals surface area (Å²) in [6, 6.07) is 14.5. The summed E-state index contributed by atoms with van der Waals surface area (Å²) in [6.07, 6.45) is 0. The van der Waals surface area contributed by atoms with E-state index in [4.69, 9.17) is 5.73 Å². The lowest BCUT2D eigenvalue weighted by atomic mass is 10.2. The number of fused-ring (bicyclic) bond motifs is 1. The molecule has 2 aromatic heterocycles. The number of anilines is 1. The second-order valence-electron chi connectivity index (χ2n) is 4.25. The summed E-state index contributed by atoms with van der Waals surface area (Å²) < 4.78 is 1.63. The number of pyridine rings is 1. The highest BCUT2D eigenvalue weighted by molar-refractivity contribution is 6.03. The SMILES string of the molecule is NCc1cccc2nc(NC(=O)c3ccccc3)nn12. The van der Waals surface area contributed by atoms with E-state index >= 15 is 0 Å². The van der Waals surface area contributed by atoms with Crippen LogP contribution in [-0.4, -0.2) is 20.5 Å². The van der Waals surface area contributed by atoms with Crippen LogP contribution in [0.4, 0.5) is 5.95 Å². The van der Waals surface area contributed by atoms with Gasteiger partial charge < -0.3 is 5.73 Å². The van der Waals surface area contributed by atoms with Crippen LogP contribution in [0.2, 0.25) is 0 Å². The van der Waals surface area contributed by atoms with Crippen molar-refractivity contribution in [2.45, 2.75) is 6.54 Å². The van der Waals surface area contributed by atoms with Crippen LogP contribution in [0.1, 0.15) is 16.1 Å². The molecule has 0 aliphatic heterocycles. The minimum atomic E-state index is -0.240. The number of aromatic nitrogens is 3. The summed E-state index contributed by atoms with van der Waals surface area (Å²) in [7, 11) is 0. The predicted molar refractivity (Wildman–Crippen MR) is 75.3 cm³/mol. The first kappa shape index (κ1) is 12.3. The highest BCUT2D eigenvalue weighted by atomic mass is 16.1. The molecule has 0 saturated carbocycles. The fraction of sp³-hybridized carbons (Fsp3) is 0.0714. The number of nitrogens with one attached hydrogen (secondary N) is 1. The molecule has 0 aliphatic carbocycles. The van der Waals surface area contributed by atoms with Crippen molar-refractivity contribution in [3.63, 3.8) is 0 Å². The van der Waals surface area contributed by atoms with Gasteiger partial charge in [0.15, 0.2) is 5.65 Å². The summed E-state index contributed by atoms with van der Waals surface area (Å²) in [6.45, 7) is 0.354. The van der Waals surface area contributed by atoms with Crippen molar-refractivity contribution in [1.29, 1.82) is 0 Å². The predicted octanol–water partition coefficient (Wildman–Crippen LogP) is 1.44. The minimum Gasteiger partial charge on any atom is -0.325 e. The molecule has 3 N–H and O–H groups in total. The zero-order chi connectivity index (χ0) is 13.9. The van der Waals surface area contributed by atoms with E-state index < -0.39 is 0 Å². The van der Waals surface area contributed by atoms with Crippen LogP contribution in [0, 0.1) is 0 Å². The monoisotopic (exact) mass is 267 g/mol. The van der Waals surface area contributed by atoms with Gasteiger partial charge in [0.2, 0.25) is 5.95 Å².